The van der Waals surface area contributed by atoms with Crippen LogP contribution in [0, 0.1) is 5.92 Å². The number of carbonyl (C=O) groups excluding carboxylic acids is 2. The molecule has 154 valence electrons. The molecule has 0 radical (unpaired) electrons. The van der Waals surface area contributed by atoms with E-state index in [1.54, 1.807) is 6.20 Å². The first-order valence-corrected chi connectivity index (χ1v) is 10.3. The molecule has 6 heteroatoms. The molecule has 0 spiro atoms. The first kappa shape index (κ1) is 19.9. The number of aromatic nitrogens is 1. The summed E-state index contributed by atoms with van der Waals surface area (Å²) in [4.78, 5) is 31.1. The first-order chi connectivity index (χ1) is 14.7. The standard InChI is InChI=1S/C24H25N3O3/c28-23(12-11-22-25-17-21(30-22)18-7-3-1-4-8-18)27-15-13-19(14-16-27)24(29)26-20-9-5-2-6-10-20/h1-10,17,19H,11-16H2,(H,26,29). The van der Waals surface area contributed by atoms with Gasteiger partial charge in [-0.2, -0.15) is 0 Å². The highest BCUT2D eigenvalue weighted by Crippen LogP contribution is 2.22. The highest BCUT2D eigenvalue weighted by Gasteiger charge is 2.27. The lowest BCUT2D eigenvalue weighted by Gasteiger charge is -2.31. The SMILES string of the molecule is O=C(Nc1ccccc1)C1CCN(C(=O)CCc2ncc(-c3ccccc3)o2)CC1. The first-order valence-electron chi connectivity index (χ1n) is 10.3. The van der Waals surface area contributed by atoms with E-state index in [0.717, 1.165) is 11.3 Å². The minimum absolute atomic E-state index is 0.0292. The topological polar surface area (TPSA) is 75.4 Å². The van der Waals surface area contributed by atoms with Gasteiger partial charge < -0.3 is 14.6 Å². The number of aryl methyl sites for hydroxylation is 1. The Balaban J connectivity index is 1.23. The summed E-state index contributed by atoms with van der Waals surface area (Å²) in [5.41, 5.74) is 1.78. The molecule has 1 fully saturated rings. The van der Waals surface area contributed by atoms with Crippen molar-refractivity contribution in [1.29, 1.82) is 0 Å². The van der Waals surface area contributed by atoms with Gasteiger partial charge in [0.05, 0.1) is 6.20 Å². The van der Waals surface area contributed by atoms with E-state index in [0.29, 0.717) is 50.4 Å². The summed E-state index contributed by atoms with van der Waals surface area (Å²) >= 11 is 0. The summed E-state index contributed by atoms with van der Waals surface area (Å²) in [6.07, 6.45) is 3.89. The van der Waals surface area contributed by atoms with E-state index in [1.807, 2.05) is 65.6 Å². The molecule has 1 aliphatic heterocycles. The Morgan fingerprint density at radius 2 is 1.67 bits per heavy atom. The molecule has 1 saturated heterocycles. The third-order valence-electron chi connectivity index (χ3n) is 5.42. The summed E-state index contributed by atoms with van der Waals surface area (Å²) in [6, 6.07) is 19.2. The van der Waals surface area contributed by atoms with Gasteiger partial charge >= 0.3 is 0 Å². The van der Waals surface area contributed by atoms with Gasteiger partial charge in [0.15, 0.2) is 11.7 Å². The molecule has 3 aromatic rings. The summed E-state index contributed by atoms with van der Waals surface area (Å²) < 4.78 is 5.78. The number of benzene rings is 2. The van der Waals surface area contributed by atoms with E-state index >= 15 is 0 Å². The number of rotatable bonds is 6. The lowest BCUT2D eigenvalue weighted by Crippen LogP contribution is -2.41. The van der Waals surface area contributed by atoms with Crippen molar-refractivity contribution in [2.24, 2.45) is 5.92 Å². The third kappa shape index (κ3) is 4.95. The number of amides is 2. The maximum atomic E-state index is 12.6. The fourth-order valence-electron chi connectivity index (χ4n) is 3.69. The van der Waals surface area contributed by atoms with Crippen LogP contribution in [0.1, 0.15) is 25.2 Å². The third-order valence-corrected chi connectivity index (χ3v) is 5.42. The Labute approximate surface area is 175 Å². The molecule has 2 heterocycles. The molecule has 1 N–H and O–H groups in total. The predicted octanol–water partition coefficient (Wildman–Crippen LogP) is 4.15. The Morgan fingerprint density at radius 1 is 1.00 bits per heavy atom. The summed E-state index contributed by atoms with van der Waals surface area (Å²) in [5.74, 6) is 1.33. The molecule has 2 amide bonds. The average Bonchev–Trinajstić information content (AvgIpc) is 3.28. The van der Waals surface area contributed by atoms with Crippen LogP contribution in [-0.2, 0) is 16.0 Å². The van der Waals surface area contributed by atoms with Crippen molar-refractivity contribution < 1.29 is 14.0 Å². The van der Waals surface area contributed by atoms with Gasteiger partial charge in [-0.1, -0.05) is 48.5 Å². The number of likely N-dealkylation sites (tertiary alicyclic amines) is 1. The molecule has 0 bridgehead atoms. The fourth-order valence-corrected chi connectivity index (χ4v) is 3.69. The molecule has 1 aromatic heterocycles. The van der Waals surface area contributed by atoms with Crippen LogP contribution >= 0.6 is 0 Å². The van der Waals surface area contributed by atoms with Crippen LogP contribution in [0.15, 0.2) is 71.3 Å². The summed E-state index contributed by atoms with van der Waals surface area (Å²) in [5, 5.41) is 2.96. The van der Waals surface area contributed by atoms with Crippen molar-refractivity contribution >= 4 is 17.5 Å². The van der Waals surface area contributed by atoms with Crippen LogP contribution in [0.3, 0.4) is 0 Å². The Bertz CT molecular complexity index is 977. The summed E-state index contributed by atoms with van der Waals surface area (Å²) in [6.45, 7) is 1.21. The van der Waals surface area contributed by atoms with Gasteiger partial charge in [0.2, 0.25) is 11.8 Å². The Hall–Kier alpha value is -3.41. The molecule has 1 aliphatic rings. The zero-order valence-corrected chi connectivity index (χ0v) is 16.8. The monoisotopic (exact) mass is 403 g/mol. The van der Waals surface area contributed by atoms with Crippen LogP contribution < -0.4 is 5.32 Å². The van der Waals surface area contributed by atoms with Crippen molar-refractivity contribution in [1.82, 2.24) is 9.88 Å². The van der Waals surface area contributed by atoms with Crippen molar-refractivity contribution in [3.63, 3.8) is 0 Å². The molecular formula is C24H25N3O3. The molecule has 6 nitrogen and oxygen atoms in total. The minimum atomic E-state index is -0.0607. The molecule has 0 unspecified atom stereocenters. The number of anilines is 1. The van der Waals surface area contributed by atoms with Gasteiger partial charge in [-0.3, -0.25) is 9.59 Å². The molecule has 0 aliphatic carbocycles. The smallest absolute Gasteiger partial charge is 0.227 e. The Morgan fingerprint density at radius 3 is 2.37 bits per heavy atom. The van der Waals surface area contributed by atoms with Crippen LogP contribution in [0.25, 0.3) is 11.3 Å². The molecule has 0 atom stereocenters. The second-order valence-corrected chi connectivity index (χ2v) is 7.49. The van der Waals surface area contributed by atoms with Gasteiger partial charge in [0.1, 0.15) is 0 Å². The minimum Gasteiger partial charge on any atom is -0.441 e. The number of para-hydroxylation sites is 1. The number of hydrogen-bond donors (Lipinski definition) is 1. The number of nitrogens with one attached hydrogen (secondary N) is 1. The number of nitrogens with zero attached hydrogens (tertiary/aromatic N) is 2. The maximum absolute atomic E-state index is 12.6. The molecular weight excluding hydrogens is 378 g/mol. The molecule has 4 rings (SSSR count). The largest absolute Gasteiger partial charge is 0.441 e. The zero-order chi connectivity index (χ0) is 20.8. The maximum Gasteiger partial charge on any atom is 0.227 e. The number of oxazole rings is 1. The van der Waals surface area contributed by atoms with Gasteiger partial charge in [-0.15, -0.1) is 0 Å². The van der Waals surface area contributed by atoms with Crippen LogP contribution in [-0.4, -0.2) is 34.8 Å². The normalized spacial score (nSPS) is 14.5. The molecule has 30 heavy (non-hydrogen) atoms. The highest BCUT2D eigenvalue weighted by molar-refractivity contribution is 5.92. The van der Waals surface area contributed by atoms with E-state index in [2.05, 4.69) is 10.3 Å². The quantitative estimate of drug-likeness (QED) is 0.671. The van der Waals surface area contributed by atoms with Crippen LogP contribution in [0.5, 0.6) is 0 Å². The van der Waals surface area contributed by atoms with E-state index < -0.39 is 0 Å². The number of piperidine rings is 1. The predicted molar refractivity (Wildman–Crippen MR) is 115 cm³/mol. The van der Waals surface area contributed by atoms with Crippen LogP contribution in [0.2, 0.25) is 0 Å². The van der Waals surface area contributed by atoms with Crippen molar-refractivity contribution in [3.05, 3.63) is 72.8 Å². The Kier molecular flexibility index (Phi) is 6.23. The van der Waals surface area contributed by atoms with Crippen LogP contribution in [0.4, 0.5) is 5.69 Å². The fraction of sp³-hybridized carbons (Fsp3) is 0.292. The van der Waals surface area contributed by atoms with Crippen molar-refractivity contribution in [3.8, 4) is 11.3 Å². The second kappa shape index (κ2) is 9.39. The van der Waals surface area contributed by atoms with Gasteiger partial charge in [0.25, 0.3) is 0 Å². The van der Waals surface area contributed by atoms with E-state index in [-0.39, 0.29) is 17.7 Å². The second-order valence-electron chi connectivity index (χ2n) is 7.49. The van der Waals surface area contributed by atoms with Crippen molar-refractivity contribution in [2.45, 2.75) is 25.7 Å². The van der Waals surface area contributed by atoms with Gasteiger partial charge in [-0.25, -0.2) is 4.98 Å². The highest BCUT2D eigenvalue weighted by atomic mass is 16.4. The summed E-state index contributed by atoms with van der Waals surface area (Å²) in [7, 11) is 0. The average molecular weight is 403 g/mol. The molecule has 2 aromatic carbocycles. The van der Waals surface area contributed by atoms with Gasteiger partial charge in [0, 0.05) is 43.1 Å². The lowest BCUT2D eigenvalue weighted by molar-refractivity contribution is -0.134. The zero-order valence-electron chi connectivity index (χ0n) is 16.8. The van der Waals surface area contributed by atoms with Crippen molar-refractivity contribution in [2.75, 3.05) is 18.4 Å². The number of hydrogen-bond acceptors (Lipinski definition) is 4. The van der Waals surface area contributed by atoms with E-state index in [4.69, 9.17) is 4.42 Å². The van der Waals surface area contributed by atoms with E-state index in [1.165, 1.54) is 0 Å². The van der Waals surface area contributed by atoms with Gasteiger partial charge in [-0.05, 0) is 25.0 Å². The lowest BCUT2D eigenvalue weighted by atomic mass is 9.95. The van der Waals surface area contributed by atoms with E-state index in [9.17, 15) is 9.59 Å². The molecule has 0 saturated carbocycles. The number of carbonyl (C=O) groups is 2.